The Bertz CT molecular complexity index is 128. The average Bonchev–Trinajstić information content (AvgIpc) is 1.61. The number of hydrogen-bond donors (Lipinski definition) is 3. The van der Waals surface area contributed by atoms with Crippen LogP contribution >= 0.6 is 7.82 Å². The van der Waals surface area contributed by atoms with Crippen LogP contribution in [0.2, 0.25) is 0 Å². The monoisotopic (exact) mass is 255 g/mol. The third-order valence-electron chi connectivity index (χ3n) is 0.211. The Labute approximate surface area is 131 Å². The van der Waals surface area contributed by atoms with E-state index in [1.54, 1.807) is 14.1 Å². The first kappa shape index (κ1) is 23.7. The second-order valence-electron chi connectivity index (χ2n) is 1.58. The van der Waals surface area contributed by atoms with Crippen LogP contribution in [0.25, 0.3) is 0 Å². The standard InChI is InChI=1S/C3H7NO.2Ca.H3O4P.4H/c1-4(2)3-5;;;1-5(2,3)4;;;;/h3H,1-2H3;;;(H3,1,2,3,4);;;;. The van der Waals surface area contributed by atoms with Gasteiger partial charge in [-0.25, -0.2) is 4.57 Å². The van der Waals surface area contributed by atoms with E-state index in [1.807, 2.05) is 0 Å². The van der Waals surface area contributed by atoms with Crippen molar-refractivity contribution >= 4 is 89.7 Å². The number of nitrogens with zero attached hydrogens (tertiary/aromatic N) is 1. The number of amides is 1. The molecule has 0 unspecified atom stereocenters. The molecule has 9 heteroatoms. The summed E-state index contributed by atoms with van der Waals surface area (Å²) in [6.07, 6.45) is 0.750. The van der Waals surface area contributed by atoms with E-state index in [0.29, 0.717) is 0 Å². The third-order valence-corrected chi connectivity index (χ3v) is 0.211. The van der Waals surface area contributed by atoms with Crippen molar-refractivity contribution in [3.05, 3.63) is 0 Å². The van der Waals surface area contributed by atoms with E-state index in [4.69, 9.17) is 19.2 Å². The van der Waals surface area contributed by atoms with Crippen LogP contribution in [0.1, 0.15) is 0 Å². The molecular formula is C3H14Ca2NO5P. The zero-order valence-corrected chi connectivity index (χ0v) is 6.52. The van der Waals surface area contributed by atoms with E-state index in [9.17, 15) is 4.79 Å². The van der Waals surface area contributed by atoms with Gasteiger partial charge in [0.15, 0.2) is 0 Å². The molecule has 0 aromatic rings. The van der Waals surface area contributed by atoms with Crippen molar-refractivity contribution in [2.24, 2.45) is 0 Å². The van der Waals surface area contributed by atoms with Crippen LogP contribution in [-0.4, -0.2) is 116 Å². The van der Waals surface area contributed by atoms with Crippen molar-refractivity contribution in [1.82, 2.24) is 4.90 Å². The van der Waals surface area contributed by atoms with Crippen molar-refractivity contribution < 1.29 is 24.0 Å². The maximum absolute atomic E-state index is 9.43. The van der Waals surface area contributed by atoms with E-state index in [0.717, 1.165) is 6.41 Å². The Morgan fingerprint density at radius 2 is 1.25 bits per heavy atom. The van der Waals surface area contributed by atoms with Crippen LogP contribution < -0.4 is 0 Å². The van der Waals surface area contributed by atoms with Crippen molar-refractivity contribution in [2.75, 3.05) is 14.1 Å². The Kier molecular flexibility index (Phi) is 25.9. The van der Waals surface area contributed by atoms with Crippen LogP contribution in [0.3, 0.4) is 0 Å². The molecule has 1 amide bonds. The zero-order valence-electron chi connectivity index (χ0n) is 5.63. The van der Waals surface area contributed by atoms with Crippen molar-refractivity contribution in [1.29, 1.82) is 0 Å². The second-order valence-corrected chi connectivity index (χ2v) is 2.61. The summed E-state index contributed by atoms with van der Waals surface area (Å²) >= 11 is 0. The molecule has 0 saturated heterocycles. The summed E-state index contributed by atoms with van der Waals surface area (Å²) in [6.45, 7) is 0. The third kappa shape index (κ3) is 88.7. The number of rotatable bonds is 1. The molecule has 0 heterocycles. The van der Waals surface area contributed by atoms with Crippen molar-refractivity contribution in [2.45, 2.75) is 0 Å². The van der Waals surface area contributed by atoms with Gasteiger partial charge in [-0.15, -0.1) is 0 Å². The molecule has 0 radical (unpaired) electrons. The molecule has 12 heavy (non-hydrogen) atoms. The fraction of sp³-hybridized carbons (Fsp3) is 0.667. The van der Waals surface area contributed by atoms with Crippen LogP contribution in [0.5, 0.6) is 0 Å². The molecule has 0 aromatic carbocycles. The molecule has 0 atom stereocenters. The van der Waals surface area contributed by atoms with Crippen LogP contribution in [0.15, 0.2) is 0 Å². The number of phosphoric acid groups is 1. The molecule has 0 aromatic heterocycles. The van der Waals surface area contributed by atoms with Gasteiger partial charge in [0.05, 0.1) is 0 Å². The molecule has 0 fully saturated rings. The fourth-order valence-corrected chi connectivity index (χ4v) is 0. The van der Waals surface area contributed by atoms with Gasteiger partial charge in [0.25, 0.3) is 0 Å². The number of carbonyl (C=O) groups excluding carboxylic acids is 1. The quantitative estimate of drug-likeness (QED) is 0.263. The summed E-state index contributed by atoms with van der Waals surface area (Å²) in [6, 6.07) is 0. The Morgan fingerprint density at radius 1 is 1.17 bits per heavy atom. The van der Waals surface area contributed by atoms with E-state index in [1.165, 1.54) is 4.90 Å². The van der Waals surface area contributed by atoms with Gasteiger partial charge in [-0.2, -0.15) is 0 Å². The molecule has 3 N–H and O–H groups in total. The van der Waals surface area contributed by atoms with Crippen molar-refractivity contribution in [3.8, 4) is 0 Å². The summed E-state index contributed by atoms with van der Waals surface area (Å²) in [5.74, 6) is 0. The van der Waals surface area contributed by atoms with Gasteiger partial charge in [-0.1, -0.05) is 0 Å². The molecular weight excluding hydrogens is 241 g/mol. The minimum atomic E-state index is -4.64. The number of hydrogen-bond acceptors (Lipinski definition) is 2. The normalized spacial score (nSPS) is 7.75. The Morgan fingerprint density at radius 3 is 1.25 bits per heavy atom. The van der Waals surface area contributed by atoms with E-state index >= 15 is 0 Å². The predicted molar refractivity (Wildman–Crippen MR) is 51.1 cm³/mol. The minimum absolute atomic E-state index is 0. The van der Waals surface area contributed by atoms with Crippen LogP contribution in [0.4, 0.5) is 0 Å². The van der Waals surface area contributed by atoms with E-state index in [-0.39, 0.29) is 75.5 Å². The summed E-state index contributed by atoms with van der Waals surface area (Å²) < 4.78 is 8.88. The topological polar surface area (TPSA) is 98.1 Å². The maximum atomic E-state index is 9.43. The van der Waals surface area contributed by atoms with Gasteiger partial charge in [0, 0.05) is 14.1 Å². The van der Waals surface area contributed by atoms with Gasteiger partial charge >= 0.3 is 83.3 Å². The molecule has 0 aliphatic rings. The molecule has 0 spiro atoms. The first-order valence-corrected chi connectivity index (χ1v) is 3.74. The Balaban J connectivity index is -0.0000000457. The van der Waals surface area contributed by atoms with Gasteiger partial charge in [-0.05, 0) is 0 Å². The van der Waals surface area contributed by atoms with E-state index < -0.39 is 7.82 Å². The van der Waals surface area contributed by atoms with Gasteiger partial charge in [-0.3, -0.25) is 4.79 Å². The summed E-state index contributed by atoms with van der Waals surface area (Å²) in [4.78, 5) is 32.4. The zero-order chi connectivity index (χ0) is 8.78. The molecule has 0 rings (SSSR count). The van der Waals surface area contributed by atoms with Crippen LogP contribution in [-0.2, 0) is 9.36 Å². The van der Waals surface area contributed by atoms with Gasteiger partial charge in [0.1, 0.15) is 0 Å². The Hall–Kier alpha value is 2.10. The molecule has 70 valence electrons. The first-order valence-electron chi connectivity index (χ1n) is 2.17. The number of carbonyl (C=O) groups is 1. The SMILES string of the molecule is CN(C)C=O.O=P(O)(O)O.[CaH2].[CaH2]. The molecule has 0 bridgehead atoms. The molecule has 6 nitrogen and oxygen atoms in total. The predicted octanol–water partition coefficient (Wildman–Crippen LogP) is -3.06. The molecule has 0 saturated carbocycles. The summed E-state index contributed by atoms with van der Waals surface area (Å²) in [5, 5.41) is 0. The first-order chi connectivity index (χ1) is 4.27. The molecule has 0 aliphatic carbocycles. The van der Waals surface area contributed by atoms with Gasteiger partial charge < -0.3 is 19.6 Å². The fourth-order valence-electron chi connectivity index (χ4n) is 0. The van der Waals surface area contributed by atoms with Gasteiger partial charge in [0.2, 0.25) is 6.41 Å². The average molecular weight is 255 g/mol. The molecule has 0 aliphatic heterocycles. The van der Waals surface area contributed by atoms with Crippen LogP contribution in [0, 0.1) is 0 Å². The second kappa shape index (κ2) is 13.1. The van der Waals surface area contributed by atoms with Crippen molar-refractivity contribution in [3.63, 3.8) is 0 Å². The summed E-state index contributed by atoms with van der Waals surface area (Å²) in [5.41, 5.74) is 0. The van der Waals surface area contributed by atoms with E-state index in [2.05, 4.69) is 0 Å². The summed E-state index contributed by atoms with van der Waals surface area (Å²) in [7, 11) is -1.26.